The second-order valence-corrected chi connectivity index (χ2v) is 8.27. The summed E-state index contributed by atoms with van der Waals surface area (Å²) >= 11 is 0. The quantitative estimate of drug-likeness (QED) is 0.868. The van der Waals surface area contributed by atoms with Gasteiger partial charge in [0.25, 0.3) is 0 Å². The van der Waals surface area contributed by atoms with Crippen molar-refractivity contribution in [3.8, 4) is 11.5 Å². The minimum atomic E-state index is -3.77. The Bertz CT molecular complexity index is 779. The Morgan fingerprint density at radius 3 is 2.71 bits per heavy atom. The normalized spacial score (nSPS) is 28.8. The molecule has 1 aliphatic carbocycles. The minimum Gasteiger partial charge on any atom is -0.486 e. The van der Waals surface area contributed by atoms with E-state index in [1.807, 2.05) is 0 Å². The summed E-state index contributed by atoms with van der Waals surface area (Å²) in [5, 5.41) is 2.61. The van der Waals surface area contributed by atoms with Crippen molar-refractivity contribution in [2.24, 2.45) is 5.92 Å². The van der Waals surface area contributed by atoms with Crippen LogP contribution in [0.1, 0.15) is 19.3 Å². The minimum absolute atomic E-state index is 0.0990. The Kier molecular flexibility index (Phi) is 3.69. The summed E-state index contributed by atoms with van der Waals surface area (Å²) < 4.78 is 38.7. The fourth-order valence-electron chi connectivity index (χ4n) is 4.07. The van der Waals surface area contributed by atoms with E-state index in [0.29, 0.717) is 24.7 Å². The number of nitrogens with one attached hydrogen (secondary N) is 1. The maximum Gasteiger partial charge on any atom is 0.244 e. The van der Waals surface area contributed by atoms with Crippen LogP contribution < -0.4 is 14.8 Å². The fourth-order valence-corrected chi connectivity index (χ4v) is 5.96. The van der Waals surface area contributed by atoms with Gasteiger partial charge in [0.05, 0.1) is 4.90 Å². The molecule has 7 nitrogen and oxygen atoms in total. The number of hydrogen-bond donors (Lipinski definition) is 1. The Morgan fingerprint density at radius 1 is 1.21 bits per heavy atom. The third-order valence-electron chi connectivity index (χ3n) is 5.13. The van der Waals surface area contributed by atoms with Gasteiger partial charge in [0.15, 0.2) is 11.5 Å². The van der Waals surface area contributed by atoms with E-state index < -0.39 is 16.1 Å². The molecule has 2 heterocycles. The summed E-state index contributed by atoms with van der Waals surface area (Å²) in [5.41, 5.74) is 0. The predicted octanol–water partition coefficient (Wildman–Crippen LogP) is 0.745. The number of rotatable bonds is 3. The van der Waals surface area contributed by atoms with Crippen LogP contribution in [-0.4, -0.2) is 51.0 Å². The van der Waals surface area contributed by atoms with Gasteiger partial charge in [-0.25, -0.2) is 8.42 Å². The van der Waals surface area contributed by atoms with Crippen molar-refractivity contribution in [1.29, 1.82) is 0 Å². The summed E-state index contributed by atoms with van der Waals surface area (Å²) in [6, 6.07) is 3.92. The highest BCUT2D eigenvalue weighted by molar-refractivity contribution is 7.89. The highest BCUT2D eigenvalue weighted by Crippen LogP contribution is 2.46. The van der Waals surface area contributed by atoms with Crippen LogP contribution >= 0.6 is 0 Å². The first-order chi connectivity index (χ1) is 11.5. The zero-order valence-electron chi connectivity index (χ0n) is 13.4. The highest BCUT2D eigenvalue weighted by atomic mass is 32.2. The molecule has 3 atom stereocenters. The van der Waals surface area contributed by atoms with Gasteiger partial charge in [-0.05, 0) is 37.3 Å². The number of sulfonamides is 1. The Balaban J connectivity index is 1.73. The molecule has 0 spiro atoms. The molecule has 1 aromatic rings. The molecule has 1 saturated carbocycles. The molecule has 4 rings (SSSR count). The van der Waals surface area contributed by atoms with Gasteiger partial charge in [0.1, 0.15) is 19.3 Å². The van der Waals surface area contributed by atoms with Crippen molar-refractivity contribution in [2.45, 2.75) is 36.2 Å². The van der Waals surface area contributed by atoms with E-state index in [-0.39, 0.29) is 22.8 Å². The Morgan fingerprint density at radius 2 is 1.96 bits per heavy atom. The average molecular weight is 352 g/mol. The van der Waals surface area contributed by atoms with Crippen molar-refractivity contribution in [3.05, 3.63) is 18.2 Å². The first-order valence-corrected chi connectivity index (χ1v) is 9.61. The molecule has 2 bridgehead atoms. The van der Waals surface area contributed by atoms with Crippen LogP contribution in [0.4, 0.5) is 0 Å². The topological polar surface area (TPSA) is 84.9 Å². The van der Waals surface area contributed by atoms with Crippen LogP contribution in [0.25, 0.3) is 0 Å². The van der Waals surface area contributed by atoms with Crippen LogP contribution in [0, 0.1) is 5.92 Å². The lowest BCUT2D eigenvalue weighted by Crippen LogP contribution is -2.52. The largest absolute Gasteiger partial charge is 0.486 e. The van der Waals surface area contributed by atoms with Gasteiger partial charge < -0.3 is 14.8 Å². The van der Waals surface area contributed by atoms with Gasteiger partial charge in [-0.2, -0.15) is 4.31 Å². The predicted molar refractivity (Wildman–Crippen MR) is 85.4 cm³/mol. The summed E-state index contributed by atoms with van der Waals surface area (Å²) in [7, 11) is -2.23. The fraction of sp³-hybridized carbons (Fsp3) is 0.562. The zero-order chi connectivity index (χ0) is 16.9. The number of carbonyl (C=O) groups is 1. The van der Waals surface area contributed by atoms with Crippen LogP contribution in [0.2, 0.25) is 0 Å². The monoisotopic (exact) mass is 352 g/mol. The van der Waals surface area contributed by atoms with E-state index in [0.717, 1.165) is 19.3 Å². The lowest BCUT2D eigenvalue weighted by atomic mass is 9.99. The number of ether oxygens (including phenoxy) is 2. The van der Waals surface area contributed by atoms with Crippen LogP contribution in [0.5, 0.6) is 11.5 Å². The number of hydrogen-bond acceptors (Lipinski definition) is 5. The van der Waals surface area contributed by atoms with E-state index in [4.69, 9.17) is 9.47 Å². The van der Waals surface area contributed by atoms with Crippen LogP contribution in [0.15, 0.2) is 23.1 Å². The highest BCUT2D eigenvalue weighted by Gasteiger charge is 2.54. The summed E-state index contributed by atoms with van der Waals surface area (Å²) in [4.78, 5) is 12.4. The third kappa shape index (κ3) is 2.28. The van der Waals surface area contributed by atoms with Crippen molar-refractivity contribution >= 4 is 15.9 Å². The first-order valence-electron chi connectivity index (χ1n) is 8.17. The number of nitrogens with zero attached hydrogens (tertiary/aromatic N) is 1. The number of benzene rings is 1. The molecule has 1 aromatic carbocycles. The first kappa shape index (κ1) is 15.7. The molecule has 0 unspecified atom stereocenters. The standard InChI is InChI=1S/C16H20N2O5S/c1-17-16(19)15-10-2-3-11(8-10)18(15)24(20,21)12-4-5-13-14(9-12)23-7-6-22-13/h4-5,9-11,15H,2-3,6-8H2,1H3,(H,17,19)/t10-,11-,15-/m0/s1. The van der Waals surface area contributed by atoms with E-state index in [9.17, 15) is 13.2 Å². The third-order valence-corrected chi connectivity index (χ3v) is 7.06. The van der Waals surface area contributed by atoms with E-state index in [1.165, 1.54) is 16.4 Å². The molecule has 1 amide bonds. The number of piperidine rings is 1. The van der Waals surface area contributed by atoms with Crippen LogP contribution in [-0.2, 0) is 14.8 Å². The molecule has 130 valence electrons. The molecule has 2 aliphatic heterocycles. The number of carbonyl (C=O) groups excluding carboxylic acids is 1. The summed E-state index contributed by atoms with van der Waals surface area (Å²) in [6.45, 7) is 0.847. The van der Waals surface area contributed by atoms with Gasteiger partial charge in [-0.1, -0.05) is 0 Å². The number of amides is 1. The van der Waals surface area contributed by atoms with Gasteiger partial charge in [-0.15, -0.1) is 0 Å². The van der Waals surface area contributed by atoms with Gasteiger partial charge in [-0.3, -0.25) is 4.79 Å². The molecule has 1 saturated heterocycles. The zero-order valence-corrected chi connectivity index (χ0v) is 14.2. The van der Waals surface area contributed by atoms with Crippen LogP contribution in [0.3, 0.4) is 0 Å². The molecular formula is C16H20N2O5S. The smallest absolute Gasteiger partial charge is 0.244 e. The van der Waals surface area contributed by atoms with Gasteiger partial charge >= 0.3 is 0 Å². The second kappa shape index (κ2) is 5.63. The van der Waals surface area contributed by atoms with Crippen molar-refractivity contribution in [1.82, 2.24) is 9.62 Å². The molecule has 0 aromatic heterocycles. The molecule has 8 heteroatoms. The van der Waals surface area contributed by atoms with E-state index in [2.05, 4.69) is 5.32 Å². The lowest BCUT2D eigenvalue weighted by Gasteiger charge is -2.33. The van der Waals surface area contributed by atoms with E-state index >= 15 is 0 Å². The van der Waals surface area contributed by atoms with Crippen molar-refractivity contribution in [3.63, 3.8) is 0 Å². The average Bonchev–Trinajstić information content (AvgIpc) is 3.22. The Labute approximate surface area is 141 Å². The molecular weight excluding hydrogens is 332 g/mol. The maximum absolute atomic E-state index is 13.2. The Hall–Kier alpha value is -1.80. The second-order valence-electron chi connectivity index (χ2n) is 6.43. The summed E-state index contributed by atoms with van der Waals surface area (Å²) in [5.74, 6) is 0.847. The maximum atomic E-state index is 13.2. The molecule has 1 N–H and O–H groups in total. The number of fused-ring (bicyclic) bond motifs is 3. The molecule has 2 fully saturated rings. The summed E-state index contributed by atoms with van der Waals surface area (Å²) in [6.07, 6.45) is 2.46. The molecule has 24 heavy (non-hydrogen) atoms. The van der Waals surface area contributed by atoms with Gasteiger partial charge in [0, 0.05) is 19.2 Å². The van der Waals surface area contributed by atoms with Crippen molar-refractivity contribution < 1.29 is 22.7 Å². The molecule has 3 aliphatic rings. The van der Waals surface area contributed by atoms with Gasteiger partial charge in [0.2, 0.25) is 15.9 Å². The molecule has 0 radical (unpaired) electrons. The van der Waals surface area contributed by atoms with E-state index in [1.54, 1.807) is 13.1 Å². The number of likely N-dealkylation sites (N-methyl/N-ethyl adjacent to an activating group) is 1. The lowest BCUT2D eigenvalue weighted by molar-refractivity contribution is -0.125. The SMILES string of the molecule is CNC(=O)[C@@H]1[C@H]2CC[C@@H](C2)N1S(=O)(=O)c1ccc2c(c1)OCCO2. The van der Waals surface area contributed by atoms with Crippen molar-refractivity contribution in [2.75, 3.05) is 20.3 Å².